The van der Waals surface area contributed by atoms with Gasteiger partial charge in [-0.15, -0.1) is 0 Å². The summed E-state index contributed by atoms with van der Waals surface area (Å²) in [7, 11) is 4.64. The van der Waals surface area contributed by atoms with Gasteiger partial charge >= 0.3 is 0 Å². The Morgan fingerprint density at radius 2 is 1.47 bits per heavy atom. The summed E-state index contributed by atoms with van der Waals surface area (Å²) >= 11 is 0. The van der Waals surface area contributed by atoms with Crippen LogP contribution in [0.5, 0.6) is 0 Å². The molecule has 1 saturated carbocycles. The summed E-state index contributed by atoms with van der Waals surface area (Å²) in [5.41, 5.74) is 0.553. The molecule has 0 atom stereocenters. The fourth-order valence-corrected chi connectivity index (χ4v) is 4.20. The van der Waals surface area contributed by atoms with E-state index in [2.05, 4.69) is 14.1 Å². The smallest absolute Gasteiger partial charge is 0.272 e. The molecule has 0 aromatic heterocycles. The number of hydrogen-bond donors (Lipinski definition) is 0. The third-order valence-corrected chi connectivity index (χ3v) is 5.90. The Bertz CT molecular complexity index is 326. The van der Waals surface area contributed by atoms with Crippen LogP contribution in [0.15, 0.2) is 0 Å². The molecule has 3 aliphatic rings. The molecule has 3 rings (SSSR count). The van der Waals surface area contributed by atoms with Crippen LogP contribution >= 0.6 is 0 Å². The Kier molecular flexibility index (Phi) is 3.17. The first-order chi connectivity index (χ1) is 8.79. The van der Waals surface area contributed by atoms with Gasteiger partial charge in [-0.1, -0.05) is 0 Å². The lowest BCUT2D eigenvalue weighted by molar-refractivity contribution is -0.897. The van der Waals surface area contributed by atoms with E-state index in [0.29, 0.717) is 11.5 Å². The summed E-state index contributed by atoms with van der Waals surface area (Å²) in [6.45, 7) is 2.59. The largest absolute Gasteiger partial charge is 0.328 e. The van der Waals surface area contributed by atoms with Crippen LogP contribution in [0.25, 0.3) is 0 Å². The Labute approximate surface area is 115 Å². The second kappa shape index (κ2) is 4.39. The van der Waals surface area contributed by atoms with Gasteiger partial charge in [-0.05, 0) is 31.1 Å². The van der Waals surface area contributed by atoms with Gasteiger partial charge in [0.2, 0.25) is 0 Å². The average Bonchev–Trinajstić information content (AvgIpc) is 2.32. The zero-order valence-electron chi connectivity index (χ0n) is 12.3. The molecule has 110 valence electrons. The molecule has 0 unspecified atom stereocenters. The first kappa shape index (κ1) is 13.7. The molecule has 0 aromatic carbocycles. The first-order valence-corrected chi connectivity index (χ1v) is 7.73. The number of quaternary nitrogens is 1. The molecule has 2 heterocycles. The molecule has 19 heavy (non-hydrogen) atoms. The van der Waals surface area contributed by atoms with Gasteiger partial charge in [0.05, 0.1) is 40.3 Å². The van der Waals surface area contributed by atoms with E-state index in [1.165, 1.54) is 38.8 Å². The van der Waals surface area contributed by atoms with Crippen molar-refractivity contribution in [1.82, 2.24) is 4.90 Å². The summed E-state index contributed by atoms with van der Waals surface area (Å²) in [6, 6.07) is 0.440. The first-order valence-electron chi connectivity index (χ1n) is 7.73. The minimum Gasteiger partial charge on any atom is -0.328 e. The normalized spacial score (nSPS) is 34.1. The highest BCUT2D eigenvalue weighted by Gasteiger charge is 2.49. The summed E-state index contributed by atoms with van der Waals surface area (Å²) in [6.07, 6.45) is 7.48. The molecule has 2 saturated heterocycles. The number of nitrogens with zero attached hydrogens (tertiary/aromatic N) is 2. The van der Waals surface area contributed by atoms with Gasteiger partial charge < -0.3 is 4.48 Å². The van der Waals surface area contributed by atoms with E-state index in [0.717, 1.165) is 17.3 Å². The number of halogens is 2. The van der Waals surface area contributed by atoms with E-state index in [1.807, 2.05) is 4.90 Å². The molecule has 0 bridgehead atoms. The zero-order valence-corrected chi connectivity index (χ0v) is 12.3. The van der Waals surface area contributed by atoms with Gasteiger partial charge in [0.25, 0.3) is 5.92 Å². The average molecular weight is 273 g/mol. The topological polar surface area (TPSA) is 3.24 Å². The Morgan fingerprint density at radius 3 is 1.95 bits per heavy atom. The molecule has 2 nitrogen and oxygen atoms in total. The van der Waals surface area contributed by atoms with Crippen LogP contribution in [0, 0.1) is 5.41 Å². The molecule has 0 N–H and O–H groups in total. The number of hydrogen-bond acceptors (Lipinski definition) is 1. The van der Waals surface area contributed by atoms with Crippen LogP contribution < -0.4 is 0 Å². The van der Waals surface area contributed by atoms with Crippen molar-refractivity contribution in [2.75, 3.05) is 40.3 Å². The quantitative estimate of drug-likeness (QED) is 0.664. The maximum atomic E-state index is 12.9. The minimum absolute atomic E-state index is 0.00852. The van der Waals surface area contributed by atoms with Crippen molar-refractivity contribution in [3.63, 3.8) is 0 Å². The van der Waals surface area contributed by atoms with Gasteiger partial charge in [0, 0.05) is 18.9 Å². The second-order valence-corrected chi connectivity index (χ2v) is 7.88. The molecule has 0 amide bonds. The number of likely N-dealkylation sites (tertiary alicyclic amines) is 2. The minimum atomic E-state index is -2.40. The van der Waals surface area contributed by atoms with Crippen molar-refractivity contribution < 1.29 is 13.3 Å². The van der Waals surface area contributed by atoms with E-state index in [-0.39, 0.29) is 13.1 Å². The predicted octanol–water partition coefficient (Wildman–Crippen LogP) is 2.74. The van der Waals surface area contributed by atoms with Crippen molar-refractivity contribution in [2.45, 2.75) is 50.5 Å². The zero-order chi connectivity index (χ0) is 13.7. The molecule has 0 radical (unpaired) electrons. The van der Waals surface area contributed by atoms with Gasteiger partial charge in [0.15, 0.2) is 0 Å². The van der Waals surface area contributed by atoms with Crippen LogP contribution in [0.4, 0.5) is 8.78 Å². The van der Waals surface area contributed by atoms with Crippen molar-refractivity contribution in [3.05, 3.63) is 0 Å². The Hall–Kier alpha value is -0.220. The van der Waals surface area contributed by atoms with E-state index in [4.69, 9.17) is 0 Å². The lowest BCUT2D eigenvalue weighted by Crippen LogP contribution is -2.61. The van der Waals surface area contributed by atoms with Crippen LogP contribution in [0.1, 0.15) is 38.5 Å². The fourth-order valence-electron chi connectivity index (χ4n) is 4.20. The van der Waals surface area contributed by atoms with Gasteiger partial charge in [-0.25, -0.2) is 8.78 Å². The van der Waals surface area contributed by atoms with Crippen LogP contribution in [0.2, 0.25) is 0 Å². The monoisotopic (exact) mass is 273 g/mol. The number of piperidine rings is 1. The molecular formula is C15H27F2N2+. The molecule has 1 spiro atoms. The van der Waals surface area contributed by atoms with E-state index < -0.39 is 5.92 Å². The number of alkyl halides is 2. The van der Waals surface area contributed by atoms with Crippen LogP contribution in [-0.2, 0) is 0 Å². The Balaban J connectivity index is 1.50. The van der Waals surface area contributed by atoms with Gasteiger partial charge in [0.1, 0.15) is 0 Å². The van der Waals surface area contributed by atoms with Crippen molar-refractivity contribution in [3.8, 4) is 0 Å². The van der Waals surface area contributed by atoms with Crippen molar-refractivity contribution >= 4 is 0 Å². The fraction of sp³-hybridized carbons (Fsp3) is 1.00. The van der Waals surface area contributed by atoms with Gasteiger partial charge in [-0.2, -0.15) is 0 Å². The van der Waals surface area contributed by atoms with Crippen molar-refractivity contribution in [2.24, 2.45) is 5.41 Å². The molecule has 2 aliphatic heterocycles. The summed E-state index contributed by atoms with van der Waals surface area (Å²) in [5, 5.41) is 0. The SMILES string of the molecule is C[N+]1(C)CCC2(CCC(N3CC(F)(F)C3)CC2)CC1. The summed E-state index contributed by atoms with van der Waals surface area (Å²) in [5.74, 6) is -2.40. The van der Waals surface area contributed by atoms with Gasteiger partial charge in [-0.3, -0.25) is 4.90 Å². The molecule has 3 fully saturated rings. The third kappa shape index (κ3) is 2.80. The highest BCUT2D eigenvalue weighted by Crippen LogP contribution is 2.47. The van der Waals surface area contributed by atoms with Crippen molar-refractivity contribution in [1.29, 1.82) is 0 Å². The van der Waals surface area contributed by atoms with Crippen LogP contribution in [-0.4, -0.2) is 61.6 Å². The van der Waals surface area contributed by atoms with E-state index >= 15 is 0 Å². The second-order valence-electron chi connectivity index (χ2n) is 7.88. The standard InChI is InChI=1S/C15H27F2N2/c1-19(2)9-7-14(8-10-19)5-3-13(4-6-14)18-11-15(16,17)12-18/h13H,3-12H2,1-2H3/q+1. The molecule has 1 aliphatic carbocycles. The highest BCUT2D eigenvalue weighted by atomic mass is 19.3. The van der Waals surface area contributed by atoms with E-state index in [1.54, 1.807) is 0 Å². The van der Waals surface area contributed by atoms with E-state index in [9.17, 15) is 8.78 Å². The lowest BCUT2D eigenvalue weighted by atomic mass is 9.66. The molecule has 0 aromatic rings. The third-order valence-electron chi connectivity index (χ3n) is 5.90. The Morgan fingerprint density at radius 1 is 0.947 bits per heavy atom. The predicted molar refractivity (Wildman–Crippen MR) is 72.3 cm³/mol. The lowest BCUT2D eigenvalue weighted by Gasteiger charge is -2.51. The highest BCUT2D eigenvalue weighted by molar-refractivity contribution is 4.96. The summed E-state index contributed by atoms with van der Waals surface area (Å²) in [4.78, 5) is 2.01. The number of rotatable bonds is 1. The molecule has 4 heteroatoms. The maximum absolute atomic E-state index is 12.9. The summed E-state index contributed by atoms with van der Waals surface area (Å²) < 4.78 is 27.0. The molecular weight excluding hydrogens is 246 g/mol. The maximum Gasteiger partial charge on any atom is 0.272 e. The van der Waals surface area contributed by atoms with Crippen LogP contribution in [0.3, 0.4) is 0 Å².